The van der Waals surface area contributed by atoms with Gasteiger partial charge in [-0.25, -0.2) is 0 Å². The molecular formula is C13H16N2OS. The zero-order valence-corrected chi connectivity index (χ0v) is 10.6. The van der Waals surface area contributed by atoms with Crippen LogP contribution in [-0.2, 0) is 11.3 Å². The van der Waals surface area contributed by atoms with E-state index in [2.05, 4.69) is 9.88 Å². The number of rotatable bonds is 5. The van der Waals surface area contributed by atoms with Crippen molar-refractivity contribution in [2.75, 3.05) is 6.54 Å². The summed E-state index contributed by atoms with van der Waals surface area (Å²) in [4.78, 5) is 13.0. The maximum absolute atomic E-state index is 11.9. The van der Waals surface area contributed by atoms with Gasteiger partial charge in [-0.3, -0.25) is 4.79 Å². The summed E-state index contributed by atoms with van der Waals surface area (Å²) >= 11 is 1.62. The average Bonchev–Trinajstić information content (AvgIpc) is 3.00. The predicted octanol–water partition coefficient (Wildman–Crippen LogP) is 2.47. The van der Waals surface area contributed by atoms with Gasteiger partial charge in [-0.1, -0.05) is 6.07 Å². The van der Waals surface area contributed by atoms with E-state index in [9.17, 15) is 4.79 Å². The van der Waals surface area contributed by atoms with Crippen LogP contribution in [0.2, 0.25) is 0 Å². The van der Waals surface area contributed by atoms with Crippen molar-refractivity contribution in [2.24, 2.45) is 0 Å². The Labute approximate surface area is 105 Å². The molecule has 0 fully saturated rings. The number of carbonyl (C=O) groups excluding carboxylic acids is 1. The minimum absolute atomic E-state index is 0.0559. The Bertz CT molecular complexity index is 448. The van der Waals surface area contributed by atoms with E-state index in [1.165, 1.54) is 0 Å². The number of hydrogen-bond donors (Lipinski definition) is 1. The third-order valence-corrected chi connectivity index (χ3v) is 3.75. The summed E-state index contributed by atoms with van der Waals surface area (Å²) < 4.78 is 2.05. The van der Waals surface area contributed by atoms with Gasteiger partial charge in [0.1, 0.15) is 0 Å². The first-order valence-electron chi connectivity index (χ1n) is 5.69. The highest BCUT2D eigenvalue weighted by Crippen LogP contribution is 2.20. The second-order valence-electron chi connectivity index (χ2n) is 3.95. The van der Waals surface area contributed by atoms with Gasteiger partial charge in [0.25, 0.3) is 0 Å². The Kier molecular flexibility index (Phi) is 3.98. The first-order valence-corrected chi connectivity index (χ1v) is 6.57. The Morgan fingerprint density at radius 2 is 2.18 bits per heavy atom. The second-order valence-corrected chi connectivity index (χ2v) is 4.93. The lowest BCUT2D eigenvalue weighted by molar-refractivity contribution is -0.122. The molecule has 0 aliphatic carbocycles. The molecule has 0 unspecified atom stereocenters. The molecule has 0 saturated heterocycles. The maximum Gasteiger partial charge on any atom is 0.228 e. The predicted molar refractivity (Wildman–Crippen MR) is 70.2 cm³/mol. The fourth-order valence-electron chi connectivity index (χ4n) is 1.65. The van der Waals surface area contributed by atoms with E-state index < -0.39 is 0 Å². The van der Waals surface area contributed by atoms with Crippen LogP contribution in [0.25, 0.3) is 0 Å². The second kappa shape index (κ2) is 5.68. The summed E-state index contributed by atoms with van der Waals surface area (Å²) in [6, 6.07) is 7.94. The molecule has 1 N–H and O–H groups in total. The van der Waals surface area contributed by atoms with Crippen LogP contribution >= 0.6 is 11.3 Å². The lowest BCUT2D eigenvalue weighted by atomic mass is 10.1. The number of thiophene rings is 1. The minimum Gasteiger partial charge on any atom is -0.354 e. The maximum atomic E-state index is 11.9. The molecule has 4 heteroatoms. The Balaban J connectivity index is 1.77. The summed E-state index contributed by atoms with van der Waals surface area (Å²) in [7, 11) is 0. The van der Waals surface area contributed by atoms with Crippen molar-refractivity contribution in [2.45, 2.75) is 19.4 Å². The number of aromatic nitrogens is 1. The number of nitrogens with one attached hydrogen (secondary N) is 1. The molecule has 90 valence electrons. The first-order chi connectivity index (χ1) is 8.27. The van der Waals surface area contributed by atoms with Gasteiger partial charge in [0, 0.05) is 30.4 Å². The molecule has 2 aromatic heterocycles. The molecule has 0 aliphatic rings. The molecule has 0 saturated carbocycles. The third kappa shape index (κ3) is 3.20. The topological polar surface area (TPSA) is 34.0 Å². The molecule has 0 radical (unpaired) electrons. The SMILES string of the molecule is C[C@@H](C(=O)NCCn1cccc1)c1cccs1. The summed E-state index contributed by atoms with van der Waals surface area (Å²) in [5, 5.41) is 4.95. The van der Waals surface area contributed by atoms with Gasteiger partial charge in [0.05, 0.1) is 5.92 Å². The van der Waals surface area contributed by atoms with Crippen LogP contribution in [0.3, 0.4) is 0 Å². The molecule has 1 atom stereocenters. The van der Waals surface area contributed by atoms with Crippen molar-refractivity contribution >= 4 is 17.2 Å². The summed E-state index contributed by atoms with van der Waals surface area (Å²) in [5.41, 5.74) is 0. The first kappa shape index (κ1) is 11.9. The van der Waals surface area contributed by atoms with Gasteiger partial charge >= 0.3 is 0 Å². The smallest absolute Gasteiger partial charge is 0.228 e. The molecule has 0 bridgehead atoms. The van der Waals surface area contributed by atoms with Gasteiger partial charge in [-0.05, 0) is 30.5 Å². The normalized spacial score (nSPS) is 12.3. The average molecular weight is 248 g/mol. The van der Waals surface area contributed by atoms with E-state index in [1.807, 2.05) is 49.0 Å². The van der Waals surface area contributed by atoms with Crippen LogP contribution in [0.15, 0.2) is 42.0 Å². The molecule has 17 heavy (non-hydrogen) atoms. The van der Waals surface area contributed by atoms with Crippen molar-refractivity contribution < 1.29 is 4.79 Å². The largest absolute Gasteiger partial charge is 0.354 e. The van der Waals surface area contributed by atoms with E-state index >= 15 is 0 Å². The van der Waals surface area contributed by atoms with Gasteiger partial charge in [-0.15, -0.1) is 11.3 Å². The summed E-state index contributed by atoms with van der Waals surface area (Å²) in [6.45, 7) is 3.43. The molecule has 0 aliphatic heterocycles. The number of carbonyl (C=O) groups is 1. The molecule has 2 heterocycles. The number of amides is 1. The summed E-state index contributed by atoms with van der Waals surface area (Å²) in [5.74, 6) is 0.0410. The number of hydrogen-bond acceptors (Lipinski definition) is 2. The summed E-state index contributed by atoms with van der Waals surface area (Å²) in [6.07, 6.45) is 3.99. The van der Waals surface area contributed by atoms with Crippen LogP contribution < -0.4 is 5.32 Å². The van der Waals surface area contributed by atoms with E-state index in [0.29, 0.717) is 6.54 Å². The highest BCUT2D eigenvalue weighted by Gasteiger charge is 2.14. The van der Waals surface area contributed by atoms with E-state index in [4.69, 9.17) is 0 Å². The minimum atomic E-state index is -0.0559. The molecule has 2 aromatic rings. The Morgan fingerprint density at radius 3 is 2.82 bits per heavy atom. The number of nitrogens with zero attached hydrogens (tertiary/aromatic N) is 1. The molecule has 3 nitrogen and oxygen atoms in total. The van der Waals surface area contributed by atoms with Gasteiger partial charge in [-0.2, -0.15) is 0 Å². The van der Waals surface area contributed by atoms with Gasteiger partial charge in [0.2, 0.25) is 5.91 Å². The monoisotopic (exact) mass is 248 g/mol. The lowest BCUT2D eigenvalue weighted by Crippen LogP contribution is -2.30. The van der Waals surface area contributed by atoms with Crippen molar-refractivity contribution in [3.63, 3.8) is 0 Å². The van der Waals surface area contributed by atoms with Crippen molar-refractivity contribution in [3.05, 3.63) is 46.9 Å². The lowest BCUT2D eigenvalue weighted by Gasteiger charge is -2.10. The van der Waals surface area contributed by atoms with Gasteiger partial charge in [0.15, 0.2) is 0 Å². The quantitative estimate of drug-likeness (QED) is 0.866. The molecular weight excluding hydrogens is 232 g/mol. The fourth-order valence-corrected chi connectivity index (χ4v) is 2.43. The van der Waals surface area contributed by atoms with Crippen LogP contribution in [0.1, 0.15) is 17.7 Å². The van der Waals surface area contributed by atoms with Crippen LogP contribution in [0.4, 0.5) is 0 Å². The van der Waals surface area contributed by atoms with Crippen molar-refractivity contribution in [1.29, 1.82) is 0 Å². The van der Waals surface area contributed by atoms with Gasteiger partial charge < -0.3 is 9.88 Å². The fraction of sp³-hybridized carbons (Fsp3) is 0.308. The highest BCUT2D eigenvalue weighted by atomic mass is 32.1. The van der Waals surface area contributed by atoms with E-state index in [0.717, 1.165) is 11.4 Å². The molecule has 0 aromatic carbocycles. The Hall–Kier alpha value is -1.55. The van der Waals surface area contributed by atoms with Crippen LogP contribution in [-0.4, -0.2) is 17.0 Å². The molecule has 0 spiro atoms. The highest BCUT2D eigenvalue weighted by molar-refractivity contribution is 7.10. The zero-order valence-electron chi connectivity index (χ0n) is 9.80. The Morgan fingerprint density at radius 1 is 1.41 bits per heavy atom. The van der Waals surface area contributed by atoms with E-state index in [-0.39, 0.29) is 11.8 Å². The van der Waals surface area contributed by atoms with Crippen molar-refractivity contribution in [1.82, 2.24) is 9.88 Å². The van der Waals surface area contributed by atoms with E-state index in [1.54, 1.807) is 11.3 Å². The standard InChI is InChI=1S/C13H16N2OS/c1-11(12-5-4-10-17-12)13(16)14-6-9-15-7-2-3-8-15/h2-5,7-8,10-11H,6,9H2,1H3,(H,14,16)/t11-/m1/s1. The van der Waals surface area contributed by atoms with Crippen LogP contribution in [0.5, 0.6) is 0 Å². The van der Waals surface area contributed by atoms with Crippen LogP contribution in [0, 0.1) is 0 Å². The third-order valence-electron chi connectivity index (χ3n) is 2.70. The molecule has 2 rings (SSSR count). The van der Waals surface area contributed by atoms with Crippen molar-refractivity contribution in [3.8, 4) is 0 Å². The zero-order chi connectivity index (χ0) is 12.1. The molecule has 1 amide bonds.